The molecule has 2 aromatic carbocycles. The number of nitrogens with one attached hydrogen (secondary N) is 1. The highest BCUT2D eigenvalue weighted by Gasteiger charge is 2.07. The quantitative estimate of drug-likeness (QED) is 0.835. The molecule has 20 heavy (non-hydrogen) atoms. The van der Waals surface area contributed by atoms with Gasteiger partial charge in [-0.3, -0.25) is 0 Å². The van der Waals surface area contributed by atoms with Gasteiger partial charge in [0.05, 0.1) is 30.1 Å². The molecule has 0 aliphatic rings. The van der Waals surface area contributed by atoms with E-state index in [1.54, 1.807) is 19.2 Å². The first-order valence-corrected chi connectivity index (χ1v) is 6.27. The molecule has 0 heterocycles. The van der Waals surface area contributed by atoms with Crippen LogP contribution in [0, 0.1) is 25.2 Å². The van der Waals surface area contributed by atoms with E-state index in [9.17, 15) is 0 Å². The fraction of sp³-hybridized carbons (Fsp3) is 0.188. The van der Waals surface area contributed by atoms with Crippen LogP contribution in [-0.4, -0.2) is 7.11 Å². The van der Waals surface area contributed by atoms with Crippen molar-refractivity contribution in [1.82, 2.24) is 0 Å². The number of nitrogens with zero attached hydrogens (tertiary/aromatic N) is 1. The summed E-state index contributed by atoms with van der Waals surface area (Å²) in [5.74, 6) is 0.862. The minimum absolute atomic E-state index is 0.552. The van der Waals surface area contributed by atoms with E-state index in [1.165, 1.54) is 0 Å². The van der Waals surface area contributed by atoms with Crippen LogP contribution in [0.5, 0.6) is 5.75 Å². The van der Waals surface area contributed by atoms with Crippen molar-refractivity contribution in [3.8, 4) is 11.8 Å². The Morgan fingerprint density at radius 2 is 1.85 bits per heavy atom. The molecule has 0 saturated heterocycles. The highest BCUT2D eigenvalue weighted by atomic mass is 16.5. The number of aryl methyl sites for hydroxylation is 2. The van der Waals surface area contributed by atoms with Crippen molar-refractivity contribution in [2.24, 2.45) is 0 Å². The van der Waals surface area contributed by atoms with Crippen LogP contribution in [0.1, 0.15) is 16.7 Å². The van der Waals surface area contributed by atoms with Crippen LogP contribution < -0.4 is 15.8 Å². The van der Waals surface area contributed by atoms with Gasteiger partial charge in [-0.05, 0) is 55.3 Å². The van der Waals surface area contributed by atoms with Gasteiger partial charge >= 0.3 is 0 Å². The molecule has 4 heteroatoms. The molecule has 0 unspecified atom stereocenters. The van der Waals surface area contributed by atoms with Crippen LogP contribution in [0.25, 0.3) is 0 Å². The summed E-state index contributed by atoms with van der Waals surface area (Å²) < 4.78 is 5.30. The van der Waals surface area contributed by atoms with Gasteiger partial charge in [0, 0.05) is 5.69 Å². The van der Waals surface area contributed by atoms with E-state index in [0.29, 0.717) is 11.3 Å². The monoisotopic (exact) mass is 267 g/mol. The predicted octanol–water partition coefficient (Wildman–Crippen LogP) is 3.51. The van der Waals surface area contributed by atoms with Crippen molar-refractivity contribution in [2.45, 2.75) is 13.8 Å². The lowest BCUT2D eigenvalue weighted by atomic mass is 10.1. The number of nitrogens with two attached hydrogens (primary N) is 1. The Morgan fingerprint density at radius 3 is 2.45 bits per heavy atom. The Hall–Kier alpha value is -2.67. The summed E-state index contributed by atoms with van der Waals surface area (Å²) in [6.07, 6.45) is 0. The van der Waals surface area contributed by atoms with Crippen LogP contribution in [0.2, 0.25) is 0 Å². The number of nitrogen functional groups attached to an aromatic ring is 1. The lowest BCUT2D eigenvalue weighted by molar-refractivity contribution is 0.411. The van der Waals surface area contributed by atoms with Gasteiger partial charge in [0.25, 0.3) is 0 Å². The summed E-state index contributed by atoms with van der Waals surface area (Å²) in [6.45, 7) is 4.00. The first-order valence-electron chi connectivity index (χ1n) is 6.27. The summed E-state index contributed by atoms with van der Waals surface area (Å²) in [4.78, 5) is 0. The van der Waals surface area contributed by atoms with Gasteiger partial charge in [0.15, 0.2) is 0 Å². The molecular formula is C16H17N3O. The second-order valence-electron chi connectivity index (χ2n) is 4.68. The standard InChI is InChI=1S/C16H17N3O/c1-10-7-16(20-3)11(2)6-15(10)19-14-5-4-12(9-17)8-13(14)18/h4-8,19H,18H2,1-3H3. The molecule has 0 spiro atoms. The van der Waals surface area contributed by atoms with E-state index in [-0.39, 0.29) is 0 Å². The molecule has 0 aromatic heterocycles. The Kier molecular flexibility index (Phi) is 3.81. The van der Waals surface area contributed by atoms with Crippen LogP contribution >= 0.6 is 0 Å². The molecule has 0 amide bonds. The maximum absolute atomic E-state index is 8.84. The number of nitriles is 1. The summed E-state index contributed by atoms with van der Waals surface area (Å²) in [7, 11) is 1.66. The highest BCUT2D eigenvalue weighted by Crippen LogP contribution is 2.30. The fourth-order valence-corrected chi connectivity index (χ4v) is 2.04. The maximum Gasteiger partial charge on any atom is 0.122 e. The van der Waals surface area contributed by atoms with Gasteiger partial charge in [0.2, 0.25) is 0 Å². The number of benzene rings is 2. The third-order valence-corrected chi connectivity index (χ3v) is 3.19. The van der Waals surface area contributed by atoms with E-state index >= 15 is 0 Å². The molecule has 4 nitrogen and oxygen atoms in total. The Bertz CT molecular complexity index is 687. The van der Waals surface area contributed by atoms with Crippen LogP contribution in [0.15, 0.2) is 30.3 Å². The first-order chi connectivity index (χ1) is 9.55. The van der Waals surface area contributed by atoms with Crippen molar-refractivity contribution in [3.05, 3.63) is 47.0 Å². The second kappa shape index (κ2) is 5.54. The van der Waals surface area contributed by atoms with Gasteiger partial charge in [-0.25, -0.2) is 0 Å². The Morgan fingerprint density at radius 1 is 1.10 bits per heavy atom. The molecule has 2 aromatic rings. The van der Waals surface area contributed by atoms with Crippen molar-refractivity contribution in [3.63, 3.8) is 0 Å². The molecule has 0 fully saturated rings. The fourth-order valence-electron chi connectivity index (χ4n) is 2.04. The van der Waals surface area contributed by atoms with E-state index in [4.69, 9.17) is 15.7 Å². The number of ether oxygens (including phenoxy) is 1. The van der Waals surface area contributed by atoms with Gasteiger partial charge in [-0.15, -0.1) is 0 Å². The zero-order chi connectivity index (χ0) is 14.7. The van der Waals surface area contributed by atoms with Crippen molar-refractivity contribution < 1.29 is 4.74 Å². The normalized spacial score (nSPS) is 9.90. The van der Waals surface area contributed by atoms with Crippen molar-refractivity contribution >= 4 is 17.1 Å². The molecule has 0 aliphatic carbocycles. The minimum Gasteiger partial charge on any atom is -0.496 e. The molecule has 0 saturated carbocycles. The lowest BCUT2D eigenvalue weighted by Crippen LogP contribution is -1.99. The SMILES string of the molecule is COc1cc(C)c(Nc2ccc(C#N)cc2N)cc1C. The van der Waals surface area contributed by atoms with E-state index in [1.807, 2.05) is 32.0 Å². The third kappa shape index (κ3) is 2.67. The number of hydrogen-bond donors (Lipinski definition) is 2. The van der Waals surface area contributed by atoms with Crippen molar-refractivity contribution in [1.29, 1.82) is 5.26 Å². The zero-order valence-electron chi connectivity index (χ0n) is 11.8. The predicted molar refractivity (Wildman–Crippen MR) is 81.3 cm³/mol. The number of rotatable bonds is 3. The lowest BCUT2D eigenvalue weighted by Gasteiger charge is -2.14. The molecular weight excluding hydrogens is 250 g/mol. The average molecular weight is 267 g/mol. The number of hydrogen-bond acceptors (Lipinski definition) is 4. The smallest absolute Gasteiger partial charge is 0.122 e. The molecule has 0 radical (unpaired) electrons. The second-order valence-corrected chi connectivity index (χ2v) is 4.68. The van der Waals surface area contributed by atoms with Crippen LogP contribution in [0.4, 0.5) is 17.1 Å². The summed E-state index contributed by atoms with van der Waals surface area (Å²) in [6, 6.07) is 11.3. The van der Waals surface area contributed by atoms with Crippen LogP contribution in [0.3, 0.4) is 0 Å². The molecule has 102 valence electrons. The molecule has 0 atom stereocenters. The molecule has 3 N–H and O–H groups in total. The van der Waals surface area contributed by atoms with E-state index < -0.39 is 0 Å². The van der Waals surface area contributed by atoms with Gasteiger partial charge in [-0.2, -0.15) is 5.26 Å². The largest absolute Gasteiger partial charge is 0.496 e. The summed E-state index contributed by atoms with van der Waals surface area (Å²) in [5.41, 5.74) is 10.9. The summed E-state index contributed by atoms with van der Waals surface area (Å²) in [5, 5.41) is 12.1. The van der Waals surface area contributed by atoms with E-state index in [0.717, 1.165) is 28.3 Å². The first kappa shape index (κ1) is 13.8. The molecule has 2 rings (SSSR count). The van der Waals surface area contributed by atoms with Gasteiger partial charge in [-0.1, -0.05) is 0 Å². The summed E-state index contributed by atoms with van der Waals surface area (Å²) >= 11 is 0. The minimum atomic E-state index is 0.552. The zero-order valence-corrected chi connectivity index (χ0v) is 11.8. The highest BCUT2D eigenvalue weighted by molar-refractivity contribution is 5.75. The average Bonchev–Trinajstić information content (AvgIpc) is 2.44. The van der Waals surface area contributed by atoms with E-state index in [2.05, 4.69) is 11.4 Å². The van der Waals surface area contributed by atoms with Crippen LogP contribution in [-0.2, 0) is 0 Å². The van der Waals surface area contributed by atoms with Crippen molar-refractivity contribution in [2.75, 3.05) is 18.2 Å². The van der Waals surface area contributed by atoms with Gasteiger partial charge < -0.3 is 15.8 Å². The number of anilines is 3. The topological polar surface area (TPSA) is 71.1 Å². The Balaban J connectivity index is 2.35. The molecule has 0 aliphatic heterocycles. The molecule has 0 bridgehead atoms. The maximum atomic E-state index is 8.84. The Labute approximate surface area is 118 Å². The third-order valence-electron chi connectivity index (χ3n) is 3.19. The van der Waals surface area contributed by atoms with Gasteiger partial charge in [0.1, 0.15) is 5.75 Å². The number of methoxy groups -OCH3 is 1.